The van der Waals surface area contributed by atoms with Gasteiger partial charge in [-0.15, -0.1) is 11.3 Å². The van der Waals surface area contributed by atoms with Crippen molar-refractivity contribution in [2.45, 2.75) is 0 Å². The minimum Gasteiger partial charge on any atom is -0.464 e. The zero-order chi connectivity index (χ0) is 12.4. The molecule has 0 aliphatic carbocycles. The Morgan fingerprint density at radius 1 is 1.53 bits per heavy atom. The number of hydrogen-bond donors (Lipinski definition) is 0. The van der Waals surface area contributed by atoms with Crippen molar-refractivity contribution in [1.82, 2.24) is 4.98 Å². The van der Waals surface area contributed by atoms with E-state index in [9.17, 15) is 9.18 Å². The van der Waals surface area contributed by atoms with Gasteiger partial charge in [0.25, 0.3) is 0 Å². The lowest BCUT2D eigenvalue weighted by molar-refractivity contribution is 0.0595. The number of ether oxygens (including phenoxy) is 1. The maximum absolute atomic E-state index is 13.1. The first-order valence-corrected chi connectivity index (χ1v) is 6.28. The third kappa shape index (κ3) is 2.53. The monoisotopic (exact) mass is 315 g/mol. The van der Waals surface area contributed by atoms with Crippen molar-refractivity contribution < 1.29 is 13.9 Å². The van der Waals surface area contributed by atoms with Crippen LogP contribution in [0.2, 0.25) is 0 Å². The van der Waals surface area contributed by atoms with Crippen molar-refractivity contribution >= 4 is 33.2 Å². The molecule has 0 amide bonds. The molecule has 0 radical (unpaired) electrons. The molecule has 0 atom stereocenters. The summed E-state index contributed by atoms with van der Waals surface area (Å²) in [5, 5.41) is 2.15. The summed E-state index contributed by atoms with van der Waals surface area (Å²) >= 11 is 4.57. The van der Waals surface area contributed by atoms with Gasteiger partial charge in [-0.1, -0.05) is 15.9 Å². The fourth-order valence-corrected chi connectivity index (χ4v) is 2.64. The summed E-state index contributed by atoms with van der Waals surface area (Å²) in [6, 6.07) is 4.32. The summed E-state index contributed by atoms with van der Waals surface area (Å²) in [5.41, 5.74) is 0.841. The maximum Gasteiger partial charge on any atom is 0.357 e. The zero-order valence-corrected chi connectivity index (χ0v) is 11.1. The molecule has 0 aliphatic rings. The molecule has 0 saturated carbocycles. The van der Waals surface area contributed by atoms with Crippen LogP contribution < -0.4 is 0 Å². The highest BCUT2D eigenvalue weighted by Crippen LogP contribution is 2.31. The molecule has 0 saturated heterocycles. The summed E-state index contributed by atoms with van der Waals surface area (Å²) in [5.74, 6) is -0.849. The second-order valence-corrected chi connectivity index (χ2v) is 4.87. The number of thiazole rings is 1. The Morgan fingerprint density at radius 2 is 2.29 bits per heavy atom. The number of hydrogen-bond acceptors (Lipinski definition) is 4. The van der Waals surface area contributed by atoms with Crippen molar-refractivity contribution in [3.8, 4) is 10.6 Å². The van der Waals surface area contributed by atoms with Crippen molar-refractivity contribution in [2.75, 3.05) is 7.11 Å². The Morgan fingerprint density at radius 3 is 3.00 bits per heavy atom. The van der Waals surface area contributed by atoms with Gasteiger partial charge in [-0.2, -0.15) is 0 Å². The smallest absolute Gasteiger partial charge is 0.357 e. The molecule has 0 spiro atoms. The molecule has 0 aliphatic heterocycles. The number of carbonyl (C=O) groups excluding carboxylic acids is 1. The molecule has 0 N–H and O–H groups in total. The van der Waals surface area contributed by atoms with Gasteiger partial charge in [0.15, 0.2) is 5.69 Å². The van der Waals surface area contributed by atoms with Crippen LogP contribution in [0.15, 0.2) is 28.1 Å². The van der Waals surface area contributed by atoms with Crippen LogP contribution in [0.25, 0.3) is 10.6 Å². The van der Waals surface area contributed by atoms with Crippen LogP contribution in [0.5, 0.6) is 0 Å². The van der Waals surface area contributed by atoms with Crippen LogP contribution in [0.3, 0.4) is 0 Å². The number of halogens is 2. The van der Waals surface area contributed by atoms with Crippen LogP contribution in [0, 0.1) is 5.82 Å². The first-order valence-electron chi connectivity index (χ1n) is 4.61. The van der Waals surface area contributed by atoms with E-state index in [2.05, 4.69) is 25.7 Å². The lowest BCUT2D eigenvalue weighted by Gasteiger charge is -2.00. The van der Waals surface area contributed by atoms with Gasteiger partial charge in [0.1, 0.15) is 10.8 Å². The quantitative estimate of drug-likeness (QED) is 0.796. The zero-order valence-electron chi connectivity index (χ0n) is 8.74. The summed E-state index contributed by atoms with van der Waals surface area (Å²) in [6.07, 6.45) is 0. The van der Waals surface area contributed by atoms with Gasteiger partial charge in [-0.25, -0.2) is 14.2 Å². The van der Waals surface area contributed by atoms with E-state index in [1.807, 2.05) is 0 Å². The highest BCUT2D eigenvalue weighted by atomic mass is 79.9. The summed E-state index contributed by atoms with van der Waals surface area (Å²) in [7, 11) is 1.29. The van der Waals surface area contributed by atoms with E-state index in [1.54, 1.807) is 11.4 Å². The van der Waals surface area contributed by atoms with Crippen LogP contribution in [-0.4, -0.2) is 18.1 Å². The van der Waals surface area contributed by atoms with Gasteiger partial charge in [0, 0.05) is 15.4 Å². The Labute approximate surface area is 109 Å². The lowest BCUT2D eigenvalue weighted by Crippen LogP contribution is -2.01. The second kappa shape index (κ2) is 4.93. The predicted octanol–water partition coefficient (Wildman–Crippen LogP) is 3.50. The third-order valence-electron chi connectivity index (χ3n) is 2.06. The standard InChI is InChI=1S/C11H7BrFNO2S/c1-16-11(15)9-5-17-10(14-9)7-4-6(13)2-3-8(7)12/h2-5H,1H3. The highest BCUT2D eigenvalue weighted by molar-refractivity contribution is 9.10. The highest BCUT2D eigenvalue weighted by Gasteiger charge is 2.14. The minimum atomic E-state index is -0.500. The largest absolute Gasteiger partial charge is 0.464 e. The summed E-state index contributed by atoms with van der Waals surface area (Å²) in [4.78, 5) is 15.3. The first kappa shape index (κ1) is 12.2. The fourth-order valence-electron chi connectivity index (χ4n) is 1.26. The number of esters is 1. The molecule has 88 valence electrons. The number of rotatable bonds is 2. The van der Waals surface area contributed by atoms with Gasteiger partial charge >= 0.3 is 5.97 Å². The normalized spacial score (nSPS) is 10.3. The van der Waals surface area contributed by atoms with E-state index >= 15 is 0 Å². The molecular weight excluding hydrogens is 309 g/mol. The lowest BCUT2D eigenvalue weighted by atomic mass is 10.2. The van der Waals surface area contributed by atoms with Crippen LogP contribution in [-0.2, 0) is 4.74 Å². The molecule has 1 heterocycles. The van der Waals surface area contributed by atoms with E-state index < -0.39 is 5.97 Å². The summed E-state index contributed by atoms with van der Waals surface area (Å²) in [6.45, 7) is 0. The van der Waals surface area contributed by atoms with Crippen LogP contribution in [0.4, 0.5) is 4.39 Å². The molecule has 17 heavy (non-hydrogen) atoms. The maximum atomic E-state index is 13.1. The van der Waals surface area contributed by atoms with E-state index in [4.69, 9.17) is 0 Å². The van der Waals surface area contributed by atoms with Crippen molar-refractivity contribution in [3.63, 3.8) is 0 Å². The third-order valence-corrected chi connectivity index (χ3v) is 3.62. The van der Waals surface area contributed by atoms with Gasteiger partial charge in [-0.05, 0) is 18.2 Å². The topological polar surface area (TPSA) is 39.2 Å². The molecule has 0 unspecified atom stereocenters. The van der Waals surface area contributed by atoms with E-state index in [-0.39, 0.29) is 11.5 Å². The van der Waals surface area contributed by atoms with Crippen molar-refractivity contribution in [1.29, 1.82) is 0 Å². The second-order valence-electron chi connectivity index (χ2n) is 3.15. The molecular formula is C11H7BrFNO2S. The molecule has 1 aromatic carbocycles. The van der Waals surface area contributed by atoms with Gasteiger partial charge in [0.2, 0.25) is 0 Å². The van der Waals surface area contributed by atoms with Gasteiger partial charge in [-0.3, -0.25) is 0 Å². The molecule has 0 fully saturated rings. The molecule has 6 heteroatoms. The number of nitrogens with zero attached hydrogens (tertiary/aromatic N) is 1. The van der Waals surface area contributed by atoms with Crippen LogP contribution in [0.1, 0.15) is 10.5 Å². The van der Waals surface area contributed by atoms with E-state index in [0.717, 1.165) is 4.47 Å². The van der Waals surface area contributed by atoms with Crippen molar-refractivity contribution in [3.05, 3.63) is 39.6 Å². The fraction of sp³-hybridized carbons (Fsp3) is 0.0909. The van der Waals surface area contributed by atoms with E-state index in [1.165, 1.54) is 30.6 Å². The number of benzene rings is 1. The molecule has 3 nitrogen and oxygen atoms in total. The van der Waals surface area contributed by atoms with Gasteiger partial charge in [0.05, 0.1) is 7.11 Å². The molecule has 2 aromatic rings. The predicted molar refractivity (Wildman–Crippen MR) is 66.5 cm³/mol. The SMILES string of the molecule is COC(=O)c1csc(-c2cc(F)ccc2Br)n1. The molecule has 1 aromatic heterocycles. The number of aromatic nitrogens is 1. The molecule has 0 bridgehead atoms. The average molecular weight is 316 g/mol. The van der Waals surface area contributed by atoms with Gasteiger partial charge < -0.3 is 4.74 Å². The number of methoxy groups -OCH3 is 1. The van der Waals surface area contributed by atoms with E-state index in [0.29, 0.717) is 10.6 Å². The molecule has 2 rings (SSSR count). The Balaban J connectivity index is 2.43. The Kier molecular flexibility index (Phi) is 3.54. The van der Waals surface area contributed by atoms with Crippen LogP contribution >= 0.6 is 27.3 Å². The number of carbonyl (C=O) groups is 1. The average Bonchev–Trinajstić information content (AvgIpc) is 2.80. The Bertz CT molecular complexity index is 570. The van der Waals surface area contributed by atoms with Crippen molar-refractivity contribution in [2.24, 2.45) is 0 Å². The minimum absolute atomic E-state index is 0.226. The Hall–Kier alpha value is -1.27. The first-order chi connectivity index (χ1) is 8.11. The summed E-state index contributed by atoms with van der Waals surface area (Å²) < 4.78 is 18.4.